The van der Waals surface area contributed by atoms with Crippen molar-refractivity contribution in [2.24, 2.45) is 0 Å². The van der Waals surface area contributed by atoms with Crippen LogP contribution in [-0.2, 0) is 0 Å². The van der Waals surface area contributed by atoms with Crippen LogP contribution >= 0.6 is 11.6 Å². The zero-order valence-corrected chi connectivity index (χ0v) is 15.9. The molecule has 2 heterocycles. The highest BCUT2D eigenvalue weighted by atomic mass is 35.5. The van der Waals surface area contributed by atoms with Gasteiger partial charge in [-0.2, -0.15) is 5.26 Å². The predicted molar refractivity (Wildman–Crippen MR) is 108 cm³/mol. The van der Waals surface area contributed by atoms with Crippen molar-refractivity contribution in [1.82, 2.24) is 15.3 Å². The predicted octanol–water partition coefficient (Wildman–Crippen LogP) is 3.55. The Labute approximate surface area is 167 Å². The topological polar surface area (TPSA) is 81.9 Å². The van der Waals surface area contributed by atoms with Gasteiger partial charge in [0.15, 0.2) is 0 Å². The molecule has 6 nitrogen and oxygen atoms in total. The molecule has 0 bridgehead atoms. The smallest absolute Gasteiger partial charge is 0.251 e. The third kappa shape index (κ3) is 3.75. The molecule has 1 aliphatic heterocycles. The molecule has 7 heteroatoms. The lowest BCUT2D eigenvalue weighted by atomic mass is 10.0. The molecule has 0 unspecified atom stereocenters. The largest absolute Gasteiger partial charge is 0.356 e. The summed E-state index contributed by atoms with van der Waals surface area (Å²) in [6.07, 6.45) is 3.20. The highest BCUT2D eigenvalue weighted by Crippen LogP contribution is 2.27. The fourth-order valence-electron chi connectivity index (χ4n) is 3.50. The molecule has 1 saturated heterocycles. The first-order chi connectivity index (χ1) is 13.6. The van der Waals surface area contributed by atoms with Gasteiger partial charge in [0.25, 0.3) is 5.91 Å². The average molecular weight is 392 g/mol. The van der Waals surface area contributed by atoms with E-state index in [-0.39, 0.29) is 11.9 Å². The van der Waals surface area contributed by atoms with Crippen LogP contribution in [0.25, 0.3) is 10.9 Å². The molecule has 0 aliphatic carbocycles. The van der Waals surface area contributed by atoms with Gasteiger partial charge in [-0.25, -0.2) is 9.97 Å². The molecule has 140 valence electrons. The summed E-state index contributed by atoms with van der Waals surface area (Å²) in [6.45, 7) is 1.58. The second-order valence-electron chi connectivity index (χ2n) is 6.79. The van der Waals surface area contributed by atoms with Crippen LogP contribution in [0.5, 0.6) is 0 Å². The molecule has 3 aromatic rings. The molecule has 1 aromatic heterocycles. The molecule has 1 aliphatic rings. The lowest BCUT2D eigenvalue weighted by molar-refractivity contribution is 0.0931. The summed E-state index contributed by atoms with van der Waals surface area (Å²) in [7, 11) is 0. The van der Waals surface area contributed by atoms with Gasteiger partial charge in [0.1, 0.15) is 12.1 Å². The van der Waals surface area contributed by atoms with Gasteiger partial charge >= 0.3 is 0 Å². The average Bonchev–Trinajstić information content (AvgIpc) is 2.73. The molecule has 0 atom stereocenters. The summed E-state index contributed by atoms with van der Waals surface area (Å²) >= 11 is 6.06. The zero-order chi connectivity index (χ0) is 19.5. The number of hydrogen-bond donors (Lipinski definition) is 1. The number of carbonyl (C=O) groups is 1. The number of rotatable bonds is 3. The molecular weight excluding hydrogens is 374 g/mol. The van der Waals surface area contributed by atoms with Crippen molar-refractivity contribution < 1.29 is 4.79 Å². The third-order valence-electron chi connectivity index (χ3n) is 4.96. The molecule has 0 saturated carbocycles. The van der Waals surface area contributed by atoms with Gasteiger partial charge in [0, 0.05) is 35.1 Å². The van der Waals surface area contributed by atoms with E-state index < -0.39 is 0 Å². The standard InChI is InChI=1S/C21H18ClN5O/c22-16-4-5-18-19(11-16)24-13-25-20(18)27-8-6-17(7-9-27)26-21(28)15-3-1-2-14(10-15)12-23/h1-5,10-11,13,17H,6-9H2,(H,26,28). The van der Waals surface area contributed by atoms with Crippen LogP contribution in [0, 0.1) is 11.3 Å². The van der Waals surface area contributed by atoms with Crippen molar-refractivity contribution >= 4 is 34.2 Å². The van der Waals surface area contributed by atoms with Gasteiger partial charge in [0.05, 0.1) is 17.1 Å². The number of carbonyl (C=O) groups excluding carboxylic acids is 1. The number of piperidine rings is 1. The van der Waals surface area contributed by atoms with Gasteiger partial charge in [-0.05, 0) is 49.2 Å². The third-order valence-corrected chi connectivity index (χ3v) is 5.20. The van der Waals surface area contributed by atoms with E-state index in [0.29, 0.717) is 16.1 Å². The number of halogens is 1. The van der Waals surface area contributed by atoms with Crippen LogP contribution in [-0.4, -0.2) is 35.0 Å². The highest BCUT2D eigenvalue weighted by Gasteiger charge is 2.23. The Hall–Kier alpha value is -3.17. The van der Waals surface area contributed by atoms with E-state index in [1.807, 2.05) is 18.2 Å². The van der Waals surface area contributed by atoms with Crippen LogP contribution < -0.4 is 10.2 Å². The van der Waals surface area contributed by atoms with Crippen molar-refractivity contribution in [2.45, 2.75) is 18.9 Å². The van der Waals surface area contributed by atoms with Crippen LogP contribution in [0.1, 0.15) is 28.8 Å². The lowest BCUT2D eigenvalue weighted by Crippen LogP contribution is -2.45. The Morgan fingerprint density at radius 2 is 2.00 bits per heavy atom. The summed E-state index contributed by atoms with van der Waals surface area (Å²) in [5, 5.41) is 13.7. The Morgan fingerprint density at radius 1 is 1.18 bits per heavy atom. The Balaban J connectivity index is 1.42. The summed E-state index contributed by atoms with van der Waals surface area (Å²) in [6, 6.07) is 14.5. The first kappa shape index (κ1) is 18.2. The minimum Gasteiger partial charge on any atom is -0.356 e. The molecule has 28 heavy (non-hydrogen) atoms. The van der Waals surface area contributed by atoms with Crippen molar-refractivity contribution in [3.05, 3.63) is 64.9 Å². The van der Waals surface area contributed by atoms with E-state index in [4.69, 9.17) is 16.9 Å². The minimum absolute atomic E-state index is 0.0945. The van der Waals surface area contributed by atoms with E-state index in [2.05, 4.69) is 26.3 Å². The van der Waals surface area contributed by atoms with Crippen molar-refractivity contribution in [2.75, 3.05) is 18.0 Å². The lowest BCUT2D eigenvalue weighted by Gasteiger charge is -2.33. The van der Waals surface area contributed by atoms with Gasteiger partial charge in [0.2, 0.25) is 0 Å². The zero-order valence-electron chi connectivity index (χ0n) is 15.1. The Morgan fingerprint density at radius 3 is 2.79 bits per heavy atom. The summed E-state index contributed by atoms with van der Waals surface area (Å²) in [5.74, 6) is 0.755. The maximum Gasteiger partial charge on any atom is 0.251 e. The quantitative estimate of drug-likeness (QED) is 0.738. The highest BCUT2D eigenvalue weighted by molar-refractivity contribution is 6.31. The monoisotopic (exact) mass is 391 g/mol. The number of aromatic nitrogens is 2. The van der Waals surface area contributed by atoms with Gasteiger partial charge in [-0.15, -0.1) is 0 Å². The van der Waals surface area contributed by atoms with E-state index >= 15 is 0 Å². The van der Waals surface area contributed by atoms with E-state index in [1.54, 1.807) is 30.6 Å². The second-order valence-corrected chi connectivity index (χ2v) is 7.22. The SMILES string of the molecule is N#Cc1cccc(C(=O)NC2CCN(c3ncnc4cc(Cl)ccc34)CC2)c1. The fraction of sp³-hybridized carbons (Fsp3) is 0.238. The molecule has 2 aromatic carbocycles. The summed E-state index contributed by atoms with van der Waals surface area (Å²) in [5.41, 5.74) is 1.82. The molecule has 1 fully saturated rings. The van der Waals surface area contributed by atoms with Crippen molar-refractivity contribution in [3.63, 3.8) is 0 Å². The number of nitrogens with one attached hydrogen (secondary N) is 1. The molecule has 4 rings (SSSR count). The summed E-state index contributed by atoms with van der Waals surface area (Å²) < 4.78 is 0. The molecule has 0 spiro atoms. The summed E-state index contributed by atoms with van der Waals surface area (Å²) in [4.78, 5) is 23.5. The van der Waals surface area contributed by atoms with E-state index in [0.717, 1.165) is 42.7 Å². The van der Waals surface area contributed by atoms with Gasteiger partial charge < -0.3 is 10.2 Å². The number of fused-ring (bicyclic) bond motifs is 1. The number of benzene rings is 2. The number of amides is 1. The number of anilines is 1. The van der Waals surface area contributed by atoms with E-state index in [9.17, 15) is 4.79 Å². The molecule has 0 radical (unpaired) electrons. The Bertz CT molecular complexity index is 1070. The van der Waals surface area contributed by atoms with Crippen molar-refractivity contribution in [1.29, 1.82) is 5.26 Å². The first-order valence-corrected chi connectivity index (χ1v) is 9.48. The normalized spacial score (nSPS) is 14.6. The van der Waals surface area contributed by atoms with Gasteiger partial charge in [-0.1, -0.05) is 17.7 Å². The van der Waals surface area contributed by atoms with Crippen LogP contribution in [0.4, 0.5) is 5.82 Å². The van der Waals surface area contributed by atoms with Gasteiger partial charge in [-0.3, -0.25) is 4.79 Å². The fourth-order valence-corrected chi connectivity index (χ4v) is 3.67. The Kier molecular flexibility index (Phi) is 5.09. The maximum atomic E-state index is 12.5. The van der Waals surface area contributed by atoms with E-state index in [1.165, 1.54) is 0 Å². The molecular formula is C21H18ClN5O. The second kappa shape index (κ2) is 7.83. The van der Waals surface area contributed by atoms with Crippen LogP contribution in [0.3, 0.4) is 0 Å². The maximum absolute atomic E-state index is 12.5. The minimum atomic E-state index is -0.141. The number of hydrogen-bond acceptors (Lipinski definition) is 5. The van der Waals surface area contributed by atoms with Crippen LogP contribution in [0.15, 0.2) is 48.8 Å². The molecule has 1 N–H and O–H groups in total. The van der Waals surface area contributed by atoms with Crippen molar-refractivity contribution in [3.8, 4) is 6.07 Å². The molecule has 1 amide bonds. The number of nitriles is 1. The first-order valence-electron chi connectivity index (χ1n) is 9.10. The number of nitrogens with zero attached hydrogens (tertiary/aromatic N) is 4. The van der Waals surface area contributed by atoms with Crippen LogP contribution in [0.2, 0.25) is 5.02 Å².